The van der Waals surface area contributed by atoms with Gasteiger partial charge < -0.3 is 48.8 Å². The minimum absolute atomic E-state index is 0.0236. The average molecular weight is 462 g/mol. The van der Waals surface area contributed by atoms with Crippen LogP contribution in [0.1, 0.15) is 23.1 Å². The minimum atomic E-state index is -1.52. The molecule has 3 aliphatic rings. The van der Waals surface area contributed by atoms with Gasteiger partial charge in [-0.25, -0.2) is 0 Å². The second-order valence-corrected chi connectivity index (χ2v) is 8.19. The maximum Gasteiger partial charge on any atom is 0.229 e. The van der Waals surface area contributed by atoms with Gasteiger partial charge in [0, 0.05) is 17.2 Å². The van der Waals surface area contributed by atoms with Gasteiger partial charge in [-0.1, -0.05) is 6.07 Å². The van der Waals surface area contributed by atoms with E-state index in [1.165, 1.54) is 0 Å². The van der Waals surface area contributed by atoms with Gasteiger partial charge in [0.25, 0.3) is 0 Å². The van der Waals surface area contributed by atoms with E-state index in [9.17, 15) is 20.4 Å². The summed E-state index contributed by atoms with van der Waals surface area (Å²) in [7, 11) is 3.14. The van der Waals surface area contributed by atoms with Crippen LogP contribution in [0.25, 0.3) is 0 Å². The summed E-state index contributed by atoms with van der Waals surface area (Å²) in [5, 5.41) is 39.5. The number of aliphatic hydroxyl groups excluding tert-OH is 4. The lowest BCUT2D eigenvalue weighted by Gasteiger charge is -2.39. The monoisotopic (exact) mass is 462 g/mol. The Morgan fingerprint density at radius 2 is 1.76 bits per heavy atom. The maximum absolute atomic E-state index is 10.2. The van der Waals surface area contributed by atoms with Crippen LogP contribution in [-0.2, 0) is 4.74 Å². The number of hydrogen-bond acceptors (Lipinski definition) is 10. The zero-order valence-electron chi connectivity index (χ0n) is 18.1. The molecule has 7 atom stereocenters. The highest BCUT2D eigenvalue weighted by atomic mass is 16.7. The first-order valence-corrected chi connectivity index (χ1v) is 10.6. The summed E-state index contributed by atoms with van der Waals surface area (Å²) in [6.45, 7) is -0.156. The number of rotatable bonds is 5. The van der Waals surface area contributed by atoms with Crippen LogP contribution in [-0.4, -0.2) is 78.6 Å². The van der Waals surface area contributed by atoms with E-state index >= 15 is 0 Å². The van der Waals surface area contributed by atoms with E-state index in [2.05, 4.69) is 0 Å². The molecule has 0 saturated carbocycles. The summed E-state index contributed by atoms with van der Waals surface area (Å²) in [6.07, 6.45) is -7.09. The van der Waals surface area contributed by atoms with E-state index in [0.29, 0.717) is 35.4 Å². The van der Waals surface area contributed by atoms with Crippen LogP contribution in [0.15, 0.2) is 30.3 Å². The van der Waals surface area contributed by atoms with Gasteiger partial charge >= 0.3 is 0 Å². The number of hydrogen-bond donors (Lipinski definition) is 4. The van der Waals surface area contributed by atoms with Crippen LogP contribution < -0.4 is 23.7 Å². The first-order chi connectivity index (χ1) is 16.0. The predicted octanol–water partition coefficient (Wildman–Crippen LogP) is 0.492. The first-order valence-electron chi connectivity index (χ1n) is 10.6. The highest BCUT2D eigenvalue weighted by Gasteiger charge is 2.46. The molecule has 0 bridgehead atoms. The first kappa shape index (κ1) is 22.1. The molecule has 2 aromatic carbocycles. The average Bonchev–Trinajstić information content (AvgIpc) is 3.22. The lowest BCUT2D eigenvalue weighted by atomic mass is 9.89. The normalized spacial score (nSPS) is 32.0. The summed E-state index contributed by atoms with van der Waals surface area (Å²) < 4.78 is 34.3. The Morgan fingerprint density at radius 3 is 2.48 bits per heavy atom. The predicted molar refractivity (Wildman–Crippen MR) is 112 cm³/mol. The third-order valence-corrected chi connectivity index (χ3v) is 6.35. The SMILES string of the molecule is COc1ccc2c(c1OC)O[C@@H]1c3ccc(O[C@@H]4O[C@H](CO)[C@H](O)[C@H](O)[C@H]4O)cc3OC[C@H]21. The molecule has 3 heterocycles. The highest BCUT2D eigenvalue weighted by Crippen LogP contribution is 2.56. The van der Waals surface area contributed by atoms with Crippen molar-refractivity contribution in [2.45, 2.75) is 42.7 Å². The van der Waals surface area contributed by atoms with E-state index in [1.807, 2.05) is 12.1 Å². The molecule has 2 aromatic rings. The van der Waals surface area contributed by atoms with Gasteiger partial charge in [-0.15, -0.1) is 0 Å². The molecule has 4 N–H and O–H groups in total. The Bertz CT molecular complexity index is 1020. The Balaban J connectivity index is 1.38. The molecule has 1 fully saturated rings. The lowest BCUT2D eigenvalue weighted by molar-refractivity contribution is -0.277. The van der Waals surface area contributed by atoms with Crippen molar-refractivity contribution in [3.63, 3.8) is 0 Å². The van der Waals surface area contributed by atoms with Gasteiger partial charge in [0.05, 0.1) is 33.4 Å². The van der Waals surface area contributed by atoms with Gasteiger partial charge in [-0.3, -0.25) is 0 Å². The summed E-state index contributed by atoms with van der Waals surface area (Å²) in [6, 6.07) is 8.93. The van der Waals surface area contributed by atoms with Gasteiger partial charge in [0.15, 0.2) is 11.5 Å². The highest BCUT2D eigenvalue weighted by molar-refractivity contribution is 5.61. The molecule has 0 aliphatic carbocycles. The van der Waals surface area contributed by atoms with E-state index < -0.39 is 37.3 Å². The molecule has 5 rings (SSSR count). The van der Waals surface area contributed by atoms with Gasteiger partial charge in [-0.05, 0) is 18.2 Å². The number of methoxy groups -OCH3 is 2. The van der Waals surface area contributed by atoms with Crippen molar-refractivity contribution in [3.8, 4) is 28.7 Å². The van der Waals surface area contributed by atoms with E-state index in [-0.39, 0.29) is 12.0 Å². The van der Waals surface area contributed by atoms with Crippen molar-refractivity contribution in [3.05, 3.63) is 41.5 Å². The van der Waals surface area contributed by atoms with Crippen molar-refractivity contribution in [1.82, 2.24) is 0 Å². The van der Waals surface area contributed by atoms with Crippen molar-refractivity contribution in [2.24, 2.45) is 0 Å². The number of aliphatic hydroxyl groups is 4. The van der Waals surface area contributed by atoms with Gasteiger partial charge in [-0.2, -0.15) is 0 Å². The molecule has 10 nitrogen and oxygen atoms in total. The quantitative estimate of drug-likeness (QED) is 0.497. The fourth-order valence-electron chi connectivity index (χ4n) is 4.58. The van der Waals surface area contributed by atoms with Crippen molar-refractivity contribution >= 4 is 0 Å². The van der Waals surface area contributed by atoms with Crippen LogP contribution in [0.3, 0.4) is 0 Å². The molecule has 178 valence electrons. The summed E-state index contributed by atoms with van der Waals surface area (Å²) in [4.78, 5) is 0. The number of ether oxygens (including phenoxy) is 6. The van der Waals surface area contributed by atoms with Crippen LogP contribution in [0.4, 0.5) is 0 Å². The molecule has 0 spiro atoms. The second-order valence-electron chi connectivity index (χ2n) is 8.19. The molecule has 10 heteroatoms. The molecule has 0 unspecified atom stereocenters. The second kappa shape index (κ2) is 8.54. The fraction of sp³-hybridized carbons (Fsp3) is 0.478. The van der Waals surface area contributed by atoms with Crippen molar-refractivity contribution < 1.29 is 48.8 Å². The third-order valence-electron chi connectivity index (χ3n) is 6.35. The van der Waals surface area contributed by atoms with E-state index in [1.54, 1.807) is 32.4 Å². The Kier molecular flexibility index (Phi) is 5.71. The summed E-state index contributed by atoms with van der Waals surface area (Å²) >= 11 is 0. The fourth-order valence-corrected chi connectivity index (χ4v) is 4.58. The Hall–Kier alpha value is -2.76. The molecule has 3 aliphatic heterocycles. The zero-order valence-corrected chi connectivity index (χ0v) is 18.1. The van der Waals surface area contributed by atoms with Gasteiger partial charge in [0.1, 0.15) is 42.0 Å². The Morgan fingerprint density at radius 1 is 0.970 bits per heavy atom. The molecule has 0 aromatic heterocycles. The van der Waals surface area contributed by atoms with Crippen molar-refractivity contribution in [1.29, 1.82) is 0 Å². The van der Waals surface area contributed by atoms with Crippen molar-refractivity contribution in [2.75, 3.05) is 27.4 Å². The largest absolute Gasteiger partial charge is 0.493 e. The standard InChI is InChI=1S/C23H26O10/c1-28-14-6-5-11-13-9-30-15-7-10(3-4-12(15)20(13)33-21(11)22(14)29-2)31-23-19(27)18(26)17(25)16(8-24)32-23/h3-7,13,16-20,23-27H,8-9H2,1-2H3/t13-,16-,17+,18+,19-,20-,23-/m1/s1. The van der Waals surface area contributed by atoms with Gasteiger partial charge in [0.2, 0.25) is 12.0 Å². The van der Waals surface area contributed by atoms with Crippen LogP contribution in [0, 0.1) is 0 Å². The van der Waals surface area contributed by atoms with Crippen LogP contribution in [0.2, 0.25) is 0 Å². The lowest BCUT2D eigenvalue weighted by Crippen LogP contribution is -2.60. The summed E-state index contributed by atoms with van der Waals surface area (Å²) in [5.74, 6) is 2.60. The summed E-state index contributed by atoms with van der Waals surface area (Å²) in [5.41, 5.74) is 1.80. The van der Waals surface area contributed by atoms with Crippen LogP contribution in [0.5, 0.6) is 28.7 Å². The maximum atomic E-state index is 10.2. The number of fused-ring (bicyclic) bond motifs is 5. The Labute approximate surface area is 189 Å². The van der Waals surface area contributed by atoms with E-state index in [4.69, 9.17) is 28.4 Å². The van der Waals surface area contributed by atoms with Crippen LogP contribution >= 0.6 is 0 Å². The topological polar surface area (TPSA) is 136 Å². The molecule has 1 saturated heterocycles. The molecule has 0 radical (unpaired) electrons. The molecular weight excluding hydrogens is 436 g/mol. The zero-order chi connectivity index (χ0) is 23.3. The molecule has 0 amide bonds. The number of benzene rings is 2. The van der Waals surface area contributed by atoms with E-state index in [0.717, 1.165) is 11.1 Å². The molecule has 33 heavy (non-hydrogen) atoms. The molecular formula is C23H26O10. The minimum Gasteiger partial charge on any atom is -0.493 e. The smallest absolute Gasteiger partial charge is 0.229 e. The third kappa shape index (κ3) is 3.54.